The van der Waals surface area contributed by atoms with Crippen LogP contribution in [0, 0.1) is 0 Å². The number of nitrogen functional groups attached to an aromatic ring is 1. The predicted molar refractivity (Wildman–Crippen MR) is 76.3 cm³/mol. The fourth-order valence-electron chi connectivity index (χ4n) is 1.51. The van der Waals surface area contributed by atoms with Crippen LogP contribution in [0.2, 0.25) is 0 Å². The summed E-state index contributed by atoms with van der Waals surface area (Å²) in [4.78, 5) is 7.64. The summed E-state index contributed by atoms with van der Waals surface area (Å²) in [6.07, 6.45) is 1.06. The molecule has 5 N–H and O–H groups in total. The Morgan fingerprint density at radius 2 is 1.90 bits per heavy atom. The van der Waals surface area contributed by atoms with E-state index in [0.29, 0.717) is 11.4 Å². The van der Waals surface area contributed by atoms with Crippen LogP contribution in [0.25, 0.3) is 0 Å². The van der Waals surface area contributed by atoms with Crippen molar-refractivity contribution in [1.29, 1.82) is 0 Å². The molecule has 0 atom stereocenters. The lowest BCUT2D eigenvalue weighted by Crippen LogP contribution is -2.09. The second-order valence-corrected chi connectivity index (χ2v) is 5.80. The third-order valence-corrected chi connectivity index (χ3v) is 2.76. The van der Waals surface area contributed by atoms with Crippen LogP contribution in [-0.2, 0) is 10.0 Å². The van der Waals surface area contributed by atoms with Gasteiger partial charge in [0.2, 0.25) is 21.9 Å². The van der Waals surface area contributed by atoms with Crippen LogP contribution in [0.15, 0.2) is 30.3 Å². The van der Waals surface area contributed by atoms with Crippen LogP contribution >= 0.6 is 0 Å². The maximum atomic E-state index is 11.2. The number of nitrogens with one attached hydrogen (secondary N) is 2. The number of benzene rings is 1. The molecule has 0 aliphatic rings. The van der Waals surface area contributed by atoms with Crippen molar-refractivity contribution in [2.75, 3.05) is 22.0 Å². The highest BCUT2D eigenvalue weighted by molar-refractivity contribution is 7.92. The quantitative estimate of drug-likeness (QED) is 0.658. The number of nitrogens with two attached hydrogens (primary N) is 1. The Morgan fingerprint density at radius 1 is 1.20 bits per heavy atom. The zero-order chi connectivity index (χ0) is 14.8. The molecule has 0 saturated carbocycles. The lowest BCUT2D eigenvalue weighted by molar-refractivity contribution is 0.453. The maximum Gasteiger partial charge on any atom is 0.232 e. The second kappa shape index (κ2) is 5.21. The Labute approximate surface area is 115 Å². The van der Waals surface area contributed by atoms with Crippen molar-refractivity contribution in [3.8, 4) is 5.88 Å². The van der Waals surface area contributed by atoms with Crippen molar-refractivity contribution in [1.82, 2.24) is 9.97 Å². The molecule has 0 spiro atoms. The molecule has 9 heteroatoms. The fourth-order valence-corrected chi connectivity index (χ4v) is 2.07. The molecule has 0 aliphatic carbocycles. The van der Waals surface area contributed by atoms with Crippen molar-refractivity contribution in [2.24, 2.45) is 0 Å². The summed E-state index contributed by atoms with van der Waals surface area (Å²) in [5.74, 6) is -0.0326. The van der Waals surface area contributed by atoms with E-state index < -0.39 is 10.0 Å². The number of hydrogen-bond donors (Lipinski definition) is 4. The number of hydrogen-bond acceptors (Lipinski definition) is 7. The highest BCUT2D eigenvalue weighted by atomic mass is 32.2. The smallest absolute Gasteiger partial charge is 0.232 e. The number of rotatable bonds is 4. The average Bonchev–Trinajstić information content (AvgIpc) is 2.25. The number of aromatic nitrogens is 2. The van der Waals surface area contributed by atoms with Gasteiger partial charge in [-0.1, -0.05) is 6.07 Å². The summed E-state index contributed by atoms with van der Waals surface area (Å²) < 4.78 is 24.7. The molecule has 0 bridgehead atoms. The summed E-state index contributed by atoms with van der Waals surface area (Å²) in [6.45, 7) is 0. The van der Waals surface area contributed by atoms with Crippen molar-refractivity contribution in [3.05, 3.63) is 30.3 Å². The molecule has 2 rings (SSSR count). The lowest BCUT2D eigenvalue weighted by atomic mass is 10.3. The van der Waals surface area contributed by atoms with Gasteiger partial charge in [0, 0.05) is 11.8 Å². The SMILES string of the molecule is CS(=O)(=O)Nc1cccc(Nc2nc(N)cc(O)n2)c1. The Morgan fingerprint density at radius 3 is 2.55 bits per heavy atom. The molecule has 0 fully saturated rings. The first-order valence-electron chi connectivity index (χ1n) is 5.50. The third kappa shape index (κ3) is 3.99. The summed E-state index contributed by atoms with van der Waals surface area (Å²) in [7, 11) is -3.35. The minimum absolute atomic E-state index is 0.110. The average molecular weight is 295 g/mol. The van der Waals surface area contributed by atoms with Crippen LogP contribution in [0.1, 0.15) is 0 Å². The molecular formula is C11H13N5O3S. The van der Waals surface area contributed by atoms with Crippen molar-refractivity contribution in [3.63, 3.8) is 0 Å². The highest BCUT2D eigenvalue weighted by Crippen LogP contribution is 2.20. The van der Waals surface area contributed by atoms with Gasteiger partial charge in [0.25, 0.3) is 0 Å². The molecule has 2 aromatic rings. The molecule has 0 radical (unpaired) electrons. The van der Waals surface area contributed by atoms with E-state index in [1.54, 1.807) is 24.3 Å². The van der Waals surface area contributed by atoms with E-state index in [1.807, 2.05) is 0 Å². The van der Waals surface area contributed by atoms with Gasteiger partial charge in [-0.15, -0.1) is 0 Å². The van der Waals surface area contributed by atoms with Gasteiger partial charge in [-0.3, -0.25) is 4.72 Å². The first-order chi connectivity index (χ1) is 9.32. The van der Waals surface area contributed by atoms with Gasteiger partial charge in [0.1, 0.15) is 5.82 Å². The summed E-state index contributed by atoms with van der Waals surface area (Å²) in [5, 5.41) is 12.1. The summed E-state index contributed by atoms with van der Waals surface area (Å²) >= 11 is 0. The van der Waals surface area contributed by atoms with Gasteiger partial charge in [0.15, 0.2) is 0 Å². The minimum atomic E-state index is -3.35. The largest absolute Gasteiger partial charge is 0.493 e. The van der Waals surface area contributed by atoms with Gasteiger partial charge >= 0.3 is 0 Å². The van der Waals surface area contributed by atoms with Gasteiger partial charge in [0.05, 0.1) is 11.9 Å². The van der Waals surface area contributed by atoms with Crippen LogP contribution in [0.3, 0.4) is 0 Å². The fraction of sp³-hybridized carbons (Fsp3) is 0.0909. The number of nitrogens with zero attached hydrogens (tertiary/aromatic N) is 2. The van der Waals surface area contributed by atoms with Crippen LogP contribution in [0.4, 0.5) is 23.1 Å². The molecule has 1 aromatic carbocycles. The monoisotopic (exact) mass is 295 g/mol. The number of aromatic hydroxyl groups is 1. The molecule has 0 aliphatic heterocycles. The van der Waals surface area contributed by atoms with Crippen LogP contribution in [0.5, 0.6) is 5.88 Å². The Hall–Kier alpha value is -2.55. The van der Waals surface area contributed by atoms with Gasteiger partial charge in [-0.05, 0) is 18.2 Å². The van der Waals surface area contributed by atoms with Crippen molar-refractivity contribution < 1.29 is 13.5 Å². The van der Waals surface area contributed by atoms with Gasteiger partial charge < -0.3 is 16.2 Å². The molecule has 106 valence electrons. The normalized spacial score (nSPS) is 11.1. The Balaban J connectivity index is 2.23. The molecule has 0 unspecified atom stereocenters. The Kier molecular flexibility index (Phi) is 3.61. The second-order valence-electron chi connectivity index (χ2n) is 4.05. The standard InChI is InChI=1S/C11H13N5O3S/c1-20(18,19)16-8-4-2-3-7(5-8)13-11-14-9(12)6-10(17)15-11/h2-6,16H,1H3,(H4,12,13,14,15,17). The lowest BCUT2D eigenvalue weighted by Gasteiger charge is -2.08. The van der Waals surface area contributed by atoms with E-state index in [0.717, 1.165) is 6.26 Å². The molecule has 8 nitrogen and oxygen atoms in total. The van der Waals surface area contributed by atoms with E-state index in [9.17, 15) is 13.5 Å². The Bertz CT molecular complexity index is 712. The summed E-state index contributed by atoms with van der Waals surface area (Å²) in [5.41, 5.74) is 6.42. The first-order valence-corrected chi connectivity index (χ1v) is 7.39. The van der Waals surface area contributed by atoms with Crippen molar-refractivity contribution in [2.45, 2.75) is 0 Å². The van der Waals surface area contributed by atoms with E-state index >= 15 is 0 Å². The topological polar surface area (TPSA) is 130 Å². The highest BCUT2D eigenvalue weighted by Gasteiger charge is 2.05. The molecule has 0 amide bonds. The van der Waals surface area contributed by atoms with E-state index in [2.05, 4.69) is 20.0 Å². The van der Waals surface area contributed by atoms with E-state index in [-0.39, 0.29) is 17.6 Å². The third-order valence-electron chi connectivity index (χ3n) is 2.15. The zero-order valence-corrected chi connectivity index (χ0v) is 11.3. The maximum absolute atomic E-state index is 11.2. The predicted octanol–water partition coefficient (Wildman–Crippen LogP) is 0.879. The van der Waals surface area contributed by atoms with Crippen LogP contribution in [-0.4, -0.2) is 29.7 Å². The van der Waals surface area contributed by atoms with Gasteiger partial charge in [-0.2, -0.15) is 9.97 Å². The molecule has 0 saturated heterocycles. The molecule has 1 aromatic heterocycles. The van der Waals surface area contributed by atoms with Crippen LogP contribution < -0.4 is 15.8 Å². The van der Waals surface area contributed by atoms with E-state index in [4.69, 9.17) is 5.73 Å². The van der Waals surface area contributed by atoms with Gasteiger partial charge in [-0.25, -0.2) is 8.42 Å². The number of sulfonamides is 1. The van der Waals surface area contributed by atoms with Crippen molar-refractivity contribution >= 4 is 33.2 Å². The summed E-state index contributed by atoms with van der Waals surface area (Å²) in [6, 6.07) is 7.72. The molecular weight excluding hydrogens is 282 g/mol. The van der Waals surface area contributed by atoms with E-state index in [1.165, 1.54) is 6.07 Å². The first kappa shape index (κ1) is 13.9. The zero-order valence-electron chi connectivity index (χ0n) is 10.5. The molecule has 20 heavy (non-hydrogen) atoms. The molecule has 1 heterocycles. The number of anilines is 4. The minimum Gasteiger partial charge on any atom is -0.493 e.